The molecule has 0 fully saturated rings. The van der Waals surface area contributed by atoms with Gasteiger partial charge in [0.15, 0.2) is 0 Å². The molecule has 1 N–H and O–H groups in total. The van der Waals surface area contributed by atoms with Gasteiger partial charge in [0.25, 0.3) is 0 Å². The monoisotopic (exact) mass is 330 g/mol. The summed E-state index contributed by atoms with van der Waals surface area (Å²) in [5, 5.41) is 3.42. The minimum Gasteiger partial charge on any atom is -0.497 e. The van der Waals surface area contributed by atoms with Gasteiger partial charge in [-0.05, 0) is 60.2 Å². The summed E-state index contributed by atoms with van der Waals surface area (Å²) in [5.41, 5.74) is 5.32. The highest BCUT2D eigenvalue weighted by molar-refractivity contribution is 5.81. The molecule has 0 aliphatic heterocycles. The molecule has 4 rings (SSSR count). The van der Waals surface area contributed by atoms with Crippen molar-refractivity contribution < 1.29 is 4.74 Å². The van der Waals surface area contributed by atoms with Crippen molar-refractivity contribution in [2.75, 3.05) is 12.4 Å². The van der Waals surface area contributed by atoms with Crippen LogP contribution in [0.5, 0.6) is 5.75 Å². The lowest BCUT2D eigenvalue weighted by Crippen LogP contribution is -1.99. The first-order chi connectivity index (χ1) is 12.3. The van der Waals surface area contributed by atoms with E-state index in [-0.39, 0.29) is 0 Å². The minimum absolute atomic E-state index is 0.757. The lowest BCUT2D eigenvalue weighted by molar-refractivity contribution is 0.415. The molecule has 0 atom stereocenters. The molecule has 5 heteroatoms. The maximum absolute atomic E-state index is 5.22. The molecule has 0 aliphatic rings. The summed E-state index contributed by atoms with van der Waals surface area (Å²) in [4.78, 5) is 8.57. The molecule has 124 valence electrons. The van der Waals surface area contributed by atoms with Crippen LogP contribution in [-0.4, -0.2) is 21.6 Å². The number of fused-ring (bicyclic) bond motifs is 1. The Balaban J connectivity index is 1.58. The predicted molar refractivity (Wildman–Crippen MR) is 99.2 cm³/mol. The van der Waals surface area contributed by atoms with Crippen LogP contribution in [-0.2, 0) is 6.54 Å². The average molecular weight is 330 g/mol. The Morgan fingerprint density at radius 2 is 1.80 bits per heavy atom. The zero-order valence-electron chi connectivity index (χ0n) is 13.9. The molecule has 2 aromatic heterocycles. The zero-order chi connectivity index (χ0) is 17.1. The zero-order valence-corrected chi connectivity index (χ0v) is 13.9. The molecule has 0 aliphatic carbocycles. The summed E-state index contributed by atoms with van der Waals surface area (Å²) >= 11 is 0. The number of rotatable bonds is 5. The van der Waals surface area contributed by atoms with Crippen LogP contribution < -0.4 is 10.1 Å². The summed E-state index contributed by atoms with van der Waals surface area (Å²) in [7, 11) is 1.67. The molecule has 25 heavy (non-hydrogen) atoms. The van der Waals surface area contributed by atoms with Gasteiger partial charge in [-0.2, -0.15) is 0 Å². The lowest BCUT2D eigenvalue weighted by atomic mass is 10.2. The van der Waals surface area contributed by atoms with Gasteiger partial charge in [-0.15, -0.1) is 0 Å². The van der Waals surface area contributed by atoms with Gasteiger partial charge in [-0.3, -0.25) is 9.55 Å². The first-order valence-corrected chi connectivity index (χ1v) is 8.08. The van der Waals surface area contributed by atoms with Gasteiger partial charge in [-0.1, -0.05) is 0 Å². The van der Waals surface area contributed by atoms with Crippen molar-refractivity contribution in [1.82, 2.24) is 14.5 Å². The van der Waals surface area contributed by atoms with E-state index >= 15 is 0 Å². The third-order valence-electron chi connectivity index (χ3n) is 4.14. The normalized spacial score (nSPS) is 10.8. The summed E-state index contributed by atoms with van der Waals surface area (Å²) in [6, 6.07) is 18.2. The fourth-order valence-electron chi connectivity index (χ4n) is 2.78. The number of pyridine rings is 1. The van der Waals surface area contributed by atoms with Crippen LogP contribution in [0.1, 0.15) is 5.56 Å². The van der Waals surface area contributed by atoms with E-state index in [9.17, 15) is 0 Å². The van der Waals surface area contributed by atoms with Crippen molar-refractivity contribution in [3.05, 3.63) is 78.9 Å². The van der Waals surface area contributed by atoms with Crippen LogP contribution in [0, 0.1) is 0 Å². The number of nitrogens with zero attached hydrogens (tertiary/aromatic N) is 3. The number of hydrogen-bond acceptors (Lipinski definition) is 4. The van der Waals surface area contributed by atoms with Gasteiger partial charge in [0.1, 0.15) is 12.1 Å². The highest BCUT2D eigenvalue weighted by Crippen LogP contribution is 2.23. The maximum Gasteiger partial charge on any atom is 0.119 e. The molecule has 0 spiro atoms. The molecule has 0 saturated carbocycles. The number of ether oxygens (including phenoxy) is 1. The van der Waals surface area contributed by atoms with Crippen molar-refractivity contribution in [3.63, 3.8) is 0 Å². The molecule has 4 aromatic rings. The third-order valence-corrected chi connectivity index (χ3v) is 4.14. The molecule has 0 bridgehead atoms. The fraction of sp³-hybridized carbons (Fsp3) is 0.100. The average Bonchev–Trinajstić information content (AvgIpc) is 3.10. The van der Waals surface area contributed by atoms with E-state index in [1.807, 2.05) is 42.7 Å². The summed E-state index contributed by atoms with van der Waals surface area (Å²) in [6.07, 6.45) is 5.45. The Hall–Kier alpha value is -3.34. The molecule has 5 nitrogen and oxygen atoms in total. The van der Waals surface area contributed by atoms with Crippen LogP contribution in [0.3, 0.4) is 0 Å². The Bertz CT molecular complexity index is 978. The Kier molecular flexibility index (Phi) is 4.04. The maximum atomic E-state index is 5.22. The number of aromatic nitrogens is 3. The molecular formula is C20H18N4O. The third kappa shape index (κ3) is 3.17. The Morgan fingerprint density at radius 3 is 2.56 bits per heavy atom. The number of hydrogen-bond donors (Lipinski definition) is 1. The SMILES string of the molecule is COc1ccc(-n2cnc3cc(NCc4ccncc4)ccc32)cc1. The Morgan fingerprint density at radius 1 is 1.00 bits per heavy atom. The second kappa shape index (κ2) is 6.65. The second-order valence-corrected chi connectivity index (χ2v) is 5.73. The first-order valence-electron chi connectivity index (χ1n) is 8.08. The van der Waals surface area contributed by atoms with Crippen LogP contribution in [0.15, 0.2) is 73.3 Å². The van der Waals surface area contributed by atoms with E-state index in [0.717, 1.165) is 34.7 Å². The topological polar surface area (TPSA) is 52.0 Å². The summed E-state index contributed by atoms with van der Waals surface area (Å²) in [5.74, 6) is 0.843. The smallest absolute Gasteiger partial charge is 0.119 e. The standard InChI is InChI=1S/C20H18N4O/c1-25-18-5-3-17(4-6-18)24-14-23-19-12-16(2-7-20(19)24)22-13-15-8-10-21-11-9-15/h2-12,14,22H,13H2,1H3. The Labute approximate surface area is 145 Å². The van der Waals surface area contributed by atoms with Crippen molar-refractivity contribution in [2.45, 2.75) is 6.54 Å². The van der Waals surface area contributed by atoms with Crippen LogP contribution in [0.4, 0.5) is 5.69 Å². The highest BCUT2D eigenvalue weighted by Gasteiger charge is 2.06. The second-order valence-electron chi connectivity index (χ2n) is 5.73. The van der Waals surface area contributed by atoms with Gasteiger partial charge in [0, 0.05) is 30.3 Å². The number of imidazole rings is 1. The number of benzene rings is 2. The van der Waals surface area contributed by atoms with Crippen molar-refractivity contribution in [2.24, 2.45) is 0 Å². The van der Waals surface area contributed by atoms with E-state index in [0.29, 0.717) is 0 Å². The summed E-state index contributed by atoms with van der Waals surface area (Å²) < 4.78 is 7.29. The quantitative estimate of drug-likeness (QED) is 0.600. The fourth-order valence-corrected chi connectivity index (χ4v) is 2.78. The van der Waals surface area contributed by atoms with E-state index in [2.05, 4.69) is 38.1 Å². The van der Waals surface area contributed by atoms with Gasteiger partial charge in [0.05, 0.1) is 18.1 Å². The molecule has 2 aromatic carbocycles. The molecule has 0 radical (unpaired) electrons. The van der Waals surface area contributed by atoms with Gasteiger partial charge >= 0.3 is 0 Å². The molecule has 0 saturated heterocycles. The van der Waals surface area contributed by atoms with Crippen LogP contribution >= 0.6 is 0 Å². The molecule has 2 heterocycles. The molecule has 0 amide bonds. The lowest BCUT2D eigenvalue weighted by Gasteiger charge is -2.08. The number of anilines is 1. The van der Waals surface area contributed by atoms with Crippen molar-refractivity contribution in [3.8, 4) is 11.4 Å². The van der Waals surface area contributed by atoms with Gasteiger partial charge in [0.2, 0.25) is 0 Å². The predicted octanol–water partition coefficient (Wildman–Crippen LogP) is 4.04. The van der Waals surface area contributed by atoms with Crippen LogP contribution in [0.2, 0.25) is 0 Å². The highest BCUT2D eigenvalue weighted by atomic mass is 16.5. The molecular weight excluding hydrogens is 312 g/mol. The molecule has 0 unspecified atom stereocenters. The van der Waals surface area contributed by atoms with E-state index in [1.54, 1.807) is 19.5 Å². The summed E-state index contributed by atoms with van der Waals surface area (Å²) in [6.45, 7) is 0.757. The van der Waals surface area contributed by atoms with Crippen molar-refractivity contribution >= 4 is 16.7 Å². The van der Waals surface area contributed by atoms with Crippen LogP contribution in [0.25, 0.3) is 16.7 Å². The van der Waals surface area contributed by atoms with E-state index < -0.39 is 0 Å². The minimum atomic E-state index is 0.757. The number of nitrogens with one attached hydrogen (secondary N) is 1. The number of methoxy groups -OCH3 is 1. The van der Waals surface area contributed by atoms with Gasteiger partial charge < -0.3 is 10.1 Å². The first kappa shape index (κ1) is 15.2. The van der Waals surface area contributed by atoms with Crippen molar-refractivity contribution in [1.29, 1.82) is 0 Å². The van der Waals surface area contributed by atoms with E-state index in [1.165, 1.54) is 5.56 Å². The largest absolute Gasteiger partial charge is 0.497 e. The van der Waals surface area contributed by atoms with E-state index in [4.69, 9.17) is 4.74 Å². The van der Waals surface area contributed by atoms with Gasteiger partial charge in [-0.25, -0.2) is 4.98 Å².